The summed E-state index contributed by atoms with van der Waals surface area (Å²) in [5, 5.41) is -1.96. The molecule has 53 heavy (non-hydrogen) atoms. The van der Waals surface area contributed by atoms with Gasteiger partial charge in [-0.15, -0.1) is 0 Å². The SMILES string of the molecule is [2H]c1c([2H])c([2H])c(-c2c([2H])c([2H])c3c([2H])c([2H])c([2H])c4c3c2-c2c([2H])c([2H])c(-c3c([2H])c([2H])c(N(c5c([2H])c([2H])c([2H])c([2H])c5[2H])c5c([2H])c([2H])c6c(c5[2H])C(C([2H])([2H])[2H])(C([2H])([2H])[2H])c5c([2H])c([2H])c([2H])c([2H])c5-6)c([2H])c3[2H])c([2H])c2C4(C([2H])([2H])[2H])C([2H])([2H])[2H])c([2H])c1[2H]. The van der Waals surface area contributed by atoms with Gasteiger partial charge in [0, 0.05) is 44.3 Å². The van der Waals surface area contributed by atoms with Gasteiger partial charge >= 0.3 is 0 Å². The Morgan fingerprint density at radius 2 is 0.981 bits per heavy atom. The zero-order chi connectivity index (χ0) is 71.1. The summed E-state index contributed by atoms with van der Waals surface area (Å²) in [4.78, 5) is 0.0711. The molecule has 0 amide bonds. The Labute approximate surface area is 370 Å². The smallest absolute Gasteiger partial charge is 0.0648 e. The predicted octanol–water partition coefficient (Wildman–Crippen LogP) is 14.3. The molecule has 0 spiro atoms. The number of benzene rings is 8. The van der Waals surface area contributed by atoms with Crippen molar-refractivity contribution in [2.45, 2.75) is 38.2 Å². The molecule has 10 rings (SSSR count). The first-order valence-corrected chi connectivity index (χ1v) is 15.4. The van der Waals surface area contributed by atoms with Crippen molar-refractivity contribution < 1.29 is 56.2 Å². The molecule has 0 atom stereocenters. The van der Waals surface area contributed by atoms with Crippen molar-refractivity contribution in [1.29, 1.82) is 0 Å². The second kappa shape index (κ2) is 11.7. The van der Waals surface area contributed by atoms with Crippen LogP contribution < -0.4 is 4.90 Å². The van der Waals surface area contributed by atoms with E-state index in [1.165, 1.54) is 0 Å². The molecule has 0 bridgehead atoms. The van der Waals surface area contributed by atoms with Crippen LogP contribution in [0.25, 0.3) is 55.3 Å². The summed E-state index contributed by atoms with van der Waals surface area (Å²) < 4.78 is 375. The van der Waals surface area contributed by atoms with Gasteiger partial charge < -0.3 is 4.90 Å². The Morgan fingerprint density at radius 3 is 1.77 bits per heavy atom. The number of fused-ring (bicyclic) bond motifs is 5. The molecule has 0 fully saturated rings. The van der Waals surface area contributed by atoms with Gasteiger partial charge in [0.1, 0.15) is 0 Å². The summed E-state index contributed by atoms with van der Waals surface area (Å²) in [5.74, 6) is 0. The Bertz CT molecular complexity index is 4720. The van der Waals surface area contributed by atoms with E-state index < -0.39 is 308 Å². The maximum Gasteiger partial charge on any atom is 0.0648 e. The van der Waals surface area contributed by atoms with E-state index >= 15 is 0 Å². The minimum absolute atomic E-state index is 0.0711. The second-order valence-electron chi connectivity index (χ2n) is 11.8. The lowest BCUT2D eigenvalue weighted by Gasteiger charge is -2.36. The molecular formula is C52H41N. The highest BCUT2D eigenvalue weighted by Gasteiger charge is 2.37. The first-order valence-electron chi connectivity index (χ1n) is 35.9. The number of rotatable bonds is 5. The van der Waals surface area contributed by atoms with Gasteiger partial charge in [-0.25, -0.2) is 0 Å². The molecule has 8 aromatic rings. The van der Waals surface area contributed by atoms with Crippen molar-refractivity contribution in [3.63, 3.8) is 0 Å². The summed E-state index contributed by atoms with van der Waals surface area (Å²) in [5.41, 5.74) is -26.6. The van der Waals surface area contributed by atoms with Crippen LogP contribution >= 0.6 is 0 Å². The van der Waals surface area contributed by atoms with Crippen LogP contribution in [0.3, 0.4) is 0 Å². The van der Waals surface area contributed by atoms with Gasteiger partial charge in [-0.1, -0.05) is 160 Å². The fourth-order valence-corrected chi connectivity index (χ4v) is 6.40. The number of hydrogen-bond donors (Lipinski definition) is 0. The summed E-state index contributed by atoms with van der Waals surface area (Å²) in [6.07, 6.45) is 0. The standard InChI is InChI=1S/C52H41N/c1-51(2)45-20-12-11-19-42(45)43-31-28-40(33-48(43)51)53(38-17-9-6-10-18-38)39-26-22-34(23-27-39)37-25-30-44-47(32-37)52(3,4)46-21-13-16-36-24-29-41(50(44)49(36)46)35-14-7-5-8-15-35/h5-33H,1-4H3/i1D3,2D3,3D3,4D3,5D,6D,7D,8D,9D,10D,11D,12D,13D,14D,15D,16D,17D,18D,19D,20D,21D,22D,23D,24D,25D,26D,27D,28D,29D,30D,31D,32D,33D. The van der Waals surface area contributed by atoms with E-state index in [0.717, 1.165) is 0 Å². The fraction of sp³-hybridized carbons (Fsp3) is 0.115. The third-order valence-electron chi connectivity index (χ3n) is 8.76. The molecule has 0 radical (unpaired) electrons. The highest BCUT2D eigenvalue weighted by Crippen LogP contribution is 2.53. The van der Waals surface area contributed by atoms with Gasteiger partial charge in [0.15, 0.2) is 0 Å². The van der Waals surface area contributed by atoms with Crippen LogP contribution in [0, 0.1) is 0 Å². The van der Waals surface area contributed by atoms with Crippen LogP contribution in [0.15, 0.2) is 175 Å². The van der Waals surface area contributed by atoms with Crippen molar-refractivity contribution >= 4 is 27.8 Å². The molecule has 0 heterocycles. The van der Waals surface area contributed by atoms with E-state index in [2.05, 4.69) is 0 Å². The maximum atomic E-state index is 10.1. The van der Waals surface area contributed by atoms with Crippen LogP contribution in [0.2, 0.25) is 0 Å². The fourth-order valence-electron chi connectivity index (χ4n) is 6.40. The van der Waals surface area contributed by atoms with Crippen molar-refractivity contribution in [2.75, 3.05) is 4.90 Å². The molecule has 2 aliphatic carbocycles. The molecule has 1 heteroatoms. The van der Waals surface area contributed by atoms with E-state index in [-0.39, 0.29) is 4.90 Å². The molecule has 1 nitrogen and oxygen atoms in total. The Hall–Kier alpha value is -6.18. The van der Waals surface area contributed by atoms with Crippen LogP contribution in [0.4, 0.5) is 17.1 Å². The lowest BCUT2D eigenvalue weighted by Crippen LogP contribution is -2.24. The predicted molar refractivity (Wildman–Crippen MR) is 225 cm³/mol. The number of hydrogen-bond acceptors (Lipinski definition) is 1. The summed E-state index contributed by atoms with van der Waals surface area (Å²) in [6.45, 7) is -16.6. The normalized spacial score (nSPS) is 26.3. The highest BCUT2D eigenvalue weighted by atomic mass is 15.1. The summed E-state index contributed by atoms with van der Waals surface area (Å²) in [6, 6.07) is -38.3. The van der Waals surface area contributed by atoms with Gasteiger partial charge in [0.05, 0.1) is 39.8 Å². The van der Waals surface area contributed by atoms with Crippen LogP contribution in [0.5, 0.6) is 0 Å². The molecule has 0 saturated carbocycles. The van der Waals surface area contributed by atoms with E-state index in [1.54, 1.807) is 0 Å². The van der Waals surface area contributed by atoms with E-state index in [0.29, 0.717) is 0 Å². The monoisotopic (exact) mass is 721 g/mol. The maximum absolute atomic E-state index is 10.1. The highest BCUT2D eigenvalue weighted by molar-refractivity contribution is 6.09. The minimum atomic E-state index is -4.24. The molecule has 0 saturated heterocycles. The number of anilines is 3. The Kier molecular flexibility index (Phi) is 2.31. The van der Waals surface area contributed by atoms with Crippen molar-refractivity contribution in [3.05, 3.63) is 197 Å². The number of nitrogens with zero attached hydrogens (tertiary/aromatic N) is 1. The third kappa shape index (κ3) is 4.77. The summed E-state index contributed by atoms with van der Waals surface area (Å²) >= 11 is 0. The van der Waals surface area contributed by atoms with Crippen LogP contribution in [0.1, 0.15) is 106 Å². The van der Waals surface area contributed by atoms with Gasteiger partial charge in [0.25, 0.3) is 0 Å². The first-order chi connectivity index (χ1) is 42.9. The summed E-state index contributed by atoms with van der Waals surface area (Å²) in [7, 11) is 0. The average Bonchev–Trinajstić information content (AvgIpc) is 0.912. The third-order valence-corrected chi connectivity index (χ3v) is 8.76. The van der Waals surface area contributed by atoms with Crippen LogP contribution in [-0.2, 0) is 10.8 Å². The van der Waals surface area contributed by atoms with Gasteiger partial charge in [0.2, 0.25) is 0 Å². The molecular weight excluding hydrogens is 639 g/mol. The molecule has 0 aromatic heterocycles. The number of para-hydroxylation sites is 1. The van der Waals surface area contributed by atoms with E-state index in [4.69, 9.17) is 27.4 Å². The first kappa shape index (κ1) is 10.5. The molecule has 8 aromatic carbocycles. The minimum Gasteiger partial charge on any atom is -0.310 e. The average molecular weight is 721 g/mol. The zero-order valence-electron chi connectivity index (χ0n) is 67.4. The van der Waals surface area contributed by atoms with Crippen molar-refractivity contribution in [2.24, 2.45) is 0 Å². The van der Waals surface area contributed by atoms with E-state index in [9.17, 15) is 28.8 Å². The van der Waals surface area contributed by atoms with Crippen molar-refractivity contribution in [3.8, 4) is 44.5 Å². The lowest BCUT2D eigenvalue weighted by molar-refractivity contribution is 0.645. The quantitative estimate of drug-likeness (QED) is 0.171. The molecule has 0 N–H and O–H groups in total. The Morgan fingerprint density at radius 1 is 0.396 bits per heavy atom. The van der Waals surface area contributed by atoms with Crippen molar-refractivity contribution in [1.82, 2.24) is 0 Å². The molecule has 254 valence electrons. The Balaban J connectivity index is 1.43. The second-order valence-corrected chi connectivity index (χ2v) is 11.8. The van der Waals surface area contributed by atoms with Gasteiger partial charge in [-0.05, 0) is 120 Å². The topological polar surface area (TPSA) is 3.24 Å². The molecule has 2 aliphatic rings. The van der Waals surface area contributed by atoms with Gasteiger partial charge in [-0.2, -0.15) is 0 Å². The zero-order valence-corrected chi connectivity index (χ0v) is 26.4. The van der Waals surface area contributed by atoms with Gasteiger partial charge in [-0.3, -0.25) is 0 Å². The van der Waals surface area contributed by atoms with Crippen LogP contribution in [-0.4, -0.2) is 0 Å². The van der Waals surface area contributed by atoms with E-state index in [1.807, 2.05) is 0 Å². The lowest BCUT2D eigenvalue weighted by atomic mass is 9.67. The largest absolute Gasteiger partial charge is 0.310 e. The molecule has 0 unspecified atom stereocenters. The molecule has 0 aliphatic heterocycles.